The maximum Gasteiger partial charge on any atom is 0.415 e. The van der Waals surface area contributed by atoms with Gasteiger partial charge in [0.1, 0.15) is 30.3 Å². The summed E-state index contributed by atoms with van der Waals surface area (Å²) in [5.74, 6) is 2.31. The number of halogens is 1. The second kappa shape index (κ2) is 7.46. The first-order valence-electron chi connectivity index (χ1n) is 11.2. The fraction of sp³-hybridized carbons (Fsp3) is 0.636. The summed E-state index contributed by atoms with van der Waals surface area (Å²) >= 11 is 1.94. The zero-order chi connectivity index (χ0) is 21.1. The van der Waals surface area contributed by atoms with Gasteiger partial charge in [0.25, 0.3) is 0 Å². The van der Waals surface area contributed by atoms with Gasteiger partial charge in [-0.25, -0.2) is 9.18 Å². The molecule has 1 N–H and O–H groups in total. The van der Waals surface area contributed by atoms with Crippen molar-refractivity contribution in [3.05, 3.63) is 17.9 Å². The number of benzene rings is 1. The van der Waals surface area contributed by atoms with Crippen LogP contribution >= 0.6 is 11.8 Å². The van der Waals surface area contributed by atoms with Crippen molar-refractivity contribution in [1.82, 2.24) is 5.32 Å². The third-order valence-electron chi connectivity index (χ3n) is 7.38. The van der Waals surface area contributed by atoms with Crippen LogP contribution in [0.3, 0.4) is 0 Å². The maximum absolute atomic E-state index is 15.3. The number of amides is 2. The SMILES string of the molecule is O=C(NC[C@@H]1OC(=O)N2c3cc(F)c(N4C5CCC4CSC5)cc3OC[C@@H]12)C1CCC1. The van der Waals surface area contributed by atoms with Crippen molar-refractivity contribution in [1.29, 1.82) is 0 Å². The number of carbonyl (C=O) groups excluding carboxylic acids is 2. The number of fused-ring (bicyclic) bond motifs is 5. The summed E-state index contributed by atoms with van der Waals surface area (Å²) in [6, 6.07) is 3.49. The van der Waals surface area contributed by atoms with E-state index >= 15 is 4.39 Å². The zero-order valence-electron chi connectivity index (χ0n) is 17.2. The average molecular weight is 448 g/mol. The van der Waals surface area contributed by atoms with Gasteiger partial charge < -0.3 is 19.7 Å². The van der Waals surface area contributed by atoms with Gasteiger partial charge in [-0.3, -0.25) is 9.69 Å². The highest BCUT2D eigenvalue weighted by molar-refractivity contribution is 7.99. The summed E-state index contributed by atoms with van der Waals surface area (Å²) in [5.41, 5.74) is 0.982. The van der Waals surface area contributed by atoms with E-state index in [1.54, 1.807) is 6.07 Å². The van der Waals surface area contributed by atoms with Gasteiger partial charge in [-0.15, -0.1) is 0 Å². The summed E-state index contributed by atoms with van der Waals surface area (Å²) in [7, 11) is 0. The summed E-state index contributed by atoms with van der Waals surface area (Å²) in [4.78, 5) is 28.5. The molecule has 2 unspecified atom stereocenters. The van der Waals surface area contributed by atoms with Gasteiger partial charge in [-0.05, 0) is 25.7 Å². The second-order valence-corrected chi connectivity index (χ2v) is 10.2. The molecule has 1 aromatic rings. The third-order valence-corrected chi connectivity index (χ3v) is 8.62. The molecule has 2 bridgehead atoms. The van der Waals surface area contributed by atoms with Crippen LogP contribution in [0.15, 0.2) is 12.1 Å². The minimum Gasteiger partial charge on any atom is -0.489 e. The van der Waals surface area contributed by atoms with E-state index in [4.69, 9.17) is 9.47 Å². The van der Waals surface area contributed by atoms with E-state index in [2.05, 4.69) is 10.2 Å². The topological polar surface area (TPSA) is 71.1 Å². The van der Waals surface area contributed by atoms with E-state index in [0.717, 1.165) is 43.6 Å². The lowest BCUT2D eigenvalue weighted by Gasteiger charge is -2.38. The van der Waals surface area contributed by atoms with Crippen LogP contribution in [-0.4, -0.2) is 60.9 Å². The van der Waals surface area contributed by atoms with Gasteiger partial charge in [-0.1, -0.05) is 6.42 Å². The van der Waals surface area contributed by atoms with Gasteiger partial charge in [0.2, 0.25) is 5.91 Å². The van der Waals surface area contributed by atoms with Crippen LogP contribution in [0.5, 0.6) is 5.75 Å². The molecule has 0 spiro atoms. The van der Waals surface area contributed by atoms with Crippen LogP contribution in [0.4, 0.5) is 20.6 Å². The molecular weight excluding hydrogens is 421 g/mol. The van der Waals surface area contributed by atoms with Crippen molar-refractivity contribution < 1.29 is 23.5 Å². The summed E-state index contributed by atoms with van der Waals surface area (Å²) in [5, 5.41) is 2.90. The van der Waals surface area contributed by atoms with Gasteiger partial charge in [0, 0.05) is 41.6 Å². The van der Waals surface area contributed by atoms with Gasteiger partial charge in [0.15, 0.2) is 0 Å². The van der Waals surface area contributed by atoms with Crippen LogP contribution in [0.1, 0.15) is 32.1 Å². The molecule has 5 aliphatic rings. The maximum atomic E-state index is 15.3. The highest BCUT2D eigenvalue weighted by Crippen LogP contribution is 2.45. The first-order chi connectivity index (χ1) is 15.1. The molecule has 2 amide bonds. The Morgan fingerprint density at radius 2 is 1.94 bits per heavy atom. The number of nitrogens with zero attached hydrogens (tertiary/aromatic N) is 2. The Labute approximate surface area is 184 Å². The number of thioether (sulfide) groups is 1. The highest BCUT2D eigenvalue weighted by Gasteiger charge is 2.48. The number of carbonyl (C=O) groups is 2. The average Bonchev–Trinajstić information content (AvgIpc) is 3.16. The van der Waals surface area contributed by atoms with E-state index in [0.29, 0.717) is 29.2 Å². The minimum atomic E-state index is -0.515. The van der Waals surface area contributed by atoms with E-state index in [1.165, 1.54) is 11.0 Å². The predicted octanol–water partition coefficient (Wildman–Crippen LogP) is 2.91. The Kier molecular flexibility index (Phi) is 4.70. The zero-order valence-corrected chi connectivity index (χ0v) is 18.0. The minimum absolute atomic E-state index is 0.0166. The first-order valence-corrected chi connectivity index (χ1v) is 12.4. The van der Waals surface area contributed by atoms with Gasteiger partial charge >= 0.3 is 6.09 Å². The molecule has 4 aliphatic heterocycles. The lowest BCUT2D eigenvalue weighted by Crippen LogP contribution is -2.49. The van der Waals surface area contributed by atoms with E-state index in [9.17, 15) is 9.59 Å². The van der Waals surface area contributed by atoms with Gasteiger partial charge in [-0.2, -0.15) is 11.8 Å². The molecule has 4 atom stereocenters. The lowest BCUT2D eigenvalue weighted by molar-refractivity contribution is -0.127. The number of cyclic esters (lactones) is 1. The number of rotatable bonds is 4. The molecule has 3 saturated heterocycles. The van der Waals surface area contributed by atoms with Crippen LogP contribution in [-0.2, 0) is 9.53 Å². The van der Waals surface area contributed by atoms with Crippen molar-refractivity contribution >= 4 is 35.1 Å². The van der Waals surface area contributed by atoms with Crippen molar-refractivity contribution in [3.8, 4) is 5.75 Å². The smallest absolute Gasteiger partial charge is 0.415 e. The summed E-state index contributed by atoms with van der Waals surface area (Å²) in [6.45, 7) is 0.507. The molecule has 166 valence electrons. The number of ether oxygens (including phenoxy) is 2. The largest absolute Gasteiger partial charge is 0.489 e. The Hall–Kier alpha value is -2.16. The number of hydrogen-bond donors (Lipinski definition) is 1. The summed E-state index contributed by atoms with van der Waals surface area (Å²) < 4.78 is 26.8. The molecule has 0 radical (unpaired) electrons. The van der Waals surface area contributed by atoms with Crippen LogP contribution in [0.25, 0.3) is 0 Å². The van der Waals surface area contributed by atoms with Crippen LogP contribution in [0, 0.1) is 11.7 Å². The molecule has 1 aromatic carbocycles. The Bertz CT molecular complexity index is 910. The number of nitrogens with one attached hydrogen (secondary N) is 1. The predicted molar refractivity (Wildman–Crippen MR) is 115 cm³/mol. The molecular formula is C22H26FN3O4S. The Morgan fingerprint density at radius 3 is 2.65 bits per heavy atom. The first kappa shape index (κ1) is 19.5. The molecule has 4 heterocycles. The fourth-order valence-electron chi connectivity index (χ4n) is 5.45. The van der Waals surface area contributed by atoms with Crippen LogP contribution < -0.4 is 19.9 Å². The molecule has 0 aromatic heterocycles. The summed E-state index contributed by atoms with van der Waals surface area (Å²) in [6.07, 6.45) is 4.07. The molecule has 6 rings (SSSR count). The number of hydrogen-bond acceptors (Lipinski definition) is 6. The van der Waals surface area contributed by atoms with Gasteiger partial charge in [0.05, 0.1) is 17.9 Å². The van der Waals surface area contributed by atoms with E-state index in [-0.39, 0.29) is 36.8 Å². The monoisotopic (exact) mass is 447 g/mol. The third kappa shape index (κ3) is 3.15. The van der Waals surface area contributed by atoms with Crippen molar-refractivity contribution in [2.45, 2.75) is 56.3 Å². The molecule has 9 heteroatoms. The Morgan fingerprint density at radius 1 is 1.16 bits per heavy atom. The van der Waals surface area contributed by atoms with E-state index in [1.807, 2.05) is 11.8 Å². The normalized spacial score (nSPS) is 31.5. The van der Waals surface area contributed by atoms with Crippen LogP contribution in [0.2, 0.25) is 0 Å². The molecule has 1 saturated carbocycles. The highest BCUT2D eigenvalue weighted by atomic mass is 32.2. The quantitative estimate of drug-likeness (QED) is 0.765. The van der Waals surface area contributed by atoms with Crippen molar-refractivity contribution in [3.63, 3.8) is 0 Å². The van der Waals surface area contributed by atoms with E-state index < -0.39 is 12.2 Å². The fourth-order valence-corrected chi connectivity index (χ4v) is 6.78. The molecule has 7 nitrogen and oxygen atoms in total. The molecule has 1 aliphatic carbocycles. The second-order valence-electron chi connectivity index (χ2n) is 9.14. The number of anilines is 2. The van der Waals surface area contributed by atoms with Crippen molar-refractivity contribution in [2.24, 2.45) is 5.92 Å². The van der Waals surface area contributed by atoms with Crippen molar-refractivity contribution in [2.75, 3.05) is 34.5 Å². The standard InChI is InChI=1S/C22H26FN3O4S/c23-15-6-17-19(7-16(15)25-13-4-5-14(25)11-31-10-13)29-9-18-20(30-22(28)26(17)18)8-24-21(27)12-2-1-3-12/h6-7,12-14,18,20H,1-5,8-11H2,(H,24,27)/t13?,14?,18-,20-/m0/s1. The molecule has 4 fully saturated rings. The lowest BCUT2D eigenvalue weighted by atomic mass is 9.85. The Balaban J connectivity index is 1.22. The molecule has 31 heavy (non-hydrogen) atoms.